The van der Waals surface area contributed by atoms with Gasteiger partial charge in [0.15, 0.2) is 12.1 Å². The molecular formula is C22H38N7O8P. The molecule has 2 aliphatic rings. The average Bonchev–Trinajstić information content (AvgIpc) is 3.65. The number of nitrogens with one attached hydrogen (secondary N) is 2. The summed E-state index contributed by atoms with van der Waals surface area (Å²) >= 11 is 0. The standard InChI is InChI=1S/C22H38N7O8P/c1-3-4-13(25)15(26)16(28-11-5-6-11)19(32)29(27)20-18(31)17(30)14(36-20)9-35-22(21(33)34)38-37-12(8-23)7-10(2)24/h10-12,14,17-18,20,22,25,28,30-31,38H,3-7,9,24,26-27H2,1-2H3,(H,33,34)/b16-15+,25-13?. The molecule has 11 N–H and O–H groups in total. The molecule has 1 amide bonds. The predicted molar refractivity (Wildman–Crippen MR) is 136 cm³/mol. The van der Waals surface area contributed by atoms with Crippen molar-refractivity contribution in [1.29, 1.82) is 10.7 Å². The van der Waals surface area contributed by atoms with Crippen molar-refractivity contribution < 1.29 is 38.9 Å². The first-order valence-electron chi connectivity index (χ1n) is 12.3. The molecule has 214 valence electrons. The number of aliphatic hydroxyl groups excluding tert-OH is 2. The molecule has 1 saturated heterocycles. The number of rotatable bonds is 16. The second-order valence-corrected chi connectivity index (χ2v) is 10.3. The second kappa shape index (κ2) is 14.7. The van der Waals surface area contributed by atoms with E-state index in [1.807, 2.05) is 13.0 Å². The number of amides is 1. The number of aliphatic hydroxyl groups is 2. The number of nitrogens with zero attached hydrogens (tertiary/aromatic N) is 2. The Morgan fingerprint density at radius 3 is 2.53 bits per heavy atom. The normalized spacial score (nSPS) is 26.3. The highest BCUT2D eigenvalue weighted by Crippen LogP contribution is 2.29. The first-order chi connectivity index (χ1) is 17.9. The Bertz CT molecular complexity index is 926. The van der Waals surface area contributed by atoms with Gasteiger partial charge in [-0.25, -0.2) is 15.6 Å². The summed E-state index contributed by atoms with van der Waals surface area (Å²) in [6.07, 6.45) is -4.08. The summed E-state index contributed by atoms with van der Waals surface area (Å²) < 4.78 is 16.2. The Hall–Kier alpha value is -2.41. The number of allylic oxidation sites excluding steroid dienone is 1. The highest BCUT2D eigenvalue weighted by atomic mass is 31.1. The van der Waals surface area contributed by atoms with Crippen LogP contribution in [-0.2, 0) is 23.6 Å². The molecule has 1 aliphatic heterocycles. The van der Waals surface area contributed by atoms with Crippen molar-refractivity contribution in [2.24, 2.45) is 17.3 Å². The fourth-order valence-corrected chi connectivity index (χ4v) is 4.22. The van der Waals surface area contributed by atoms with Crippen LogP contribution in [0.5, 0.6) is 0 Å². The molecule has 8 unspecified atom stereocenters. The van der Waals surface area contributed by atoms with Crippen molar-refractivity contribution in [1.82, 2.24) is 10.3 Å². The van der Waals surface area contributed by atoms with Crippen LogP contribution in [0, 0.1) is 16.7 Å². The second-order valence-electron chi connectivity index (χ2n) is 9.31. The SMILES string of the molecule is CCCC(=N)/C(N)=C(\NC1CC1)C(=O)N(N)C1OC(COC(POC(C#N)CC(C)N)C(=O)O)C(O)C1O. The van der Waals surface area contributed by atoms with Crippen molar-refractivity contribution in [3.8, 4) is 6.07 Å². The van der Waals surface area contributed by atoms with Crippen LogP contribution < -0.4 is 22.6 Å². The van der Waals surface area contributed by atoms with Gasteiger partial charge >= 0.3 is 5.97 Å². The monoisotopic (exact) mass is 559 g/mol. The quantitative estimate of drug-likeness (QED) is 0.0269. The lowest BCUT2D eigenvalue weighted by Crippen LogP contribution is -2.53. The van der Waals surface area contributed by atoms with Gasteiger partial charge in [-0.05, 0) is 26.2 Å². The third-order valence-corrected chi connectivity index (χ3v) is 6.83. The molecule has 0 spiro atoms. The number of aliphatic carboxylic acids is 1. The van der Waals surface area contributed by atoms with Gasteiger partial charge in [0.05, 0.1) is 32.9 Å². The summed E-state index contributed by atoms with van der Waals surface area (Å²) in [4.78, 5) is 24.8. The van der Waals surface area contributed by atoms with E-state index in [0.29, 0.717) is 17.9 Å². The maximum absolute atomic E-state index is 13.2. The molecule has 8 atom stereocenters. The molecule has 1 aliphatic carbocycles. The molecule has 16 heteroatoms. The van der Waals surface area contributed by atoms with Crippen molar-refractivity contribution >= 4 is 26.4 Å². The minimum absolute atomic E-state index is 0.00110. The average molecular weight is 560 g/mol. The van der Waals surface area contributed by atoms with E-state index in [1.165, 1.54) is 0 Å². The molecular weight excluding hydrogens is 521 g/mol. The lowest BCUT2D eigenvalue weighted by molar-refractivity contribution is -0.154. The maximum Gasteiger partial charge on any atom is 0.339 e. The molecule has 0 bridgehead atoms. The summed E-state index contributed by atoms with van der Waals surface area (Å²) in [6.45, 7) is 3.06. The Balaban J connectivity index is 2.05. The fraction of sp³-hybridized carbons (Fsp3) is 0.727. The van der Waals surface area contributed by atoms with Crippen LogP contribution in [0.4, 0.5) is 0 Å². The van der Waals surface area contributed by atoms with Gasteiger partial charge in [0.2, 0.25) is 0 Å². The largest absolute Gasteiger partial charge is 0.479 e. The topological polar surface area (TPSA) is 263 Å². The zero-order valence-corrected chi connectivity index (χ0v) is 22.4. The minimum Gasteiger partial charge on any atom is -0.479 e. The van der Waals surface area contributed by atoms with Crippen LogP contribution in [0.1, 0.15) is 46.0 Å². The van der Waals surface area contributed by atoms with E-state index >= 15 is 0 Å². The number of carboxylic acids is 1. The maximum atomic E-state index is 13.2. The number of carboxylic acid groups (broad SMARTS) is 1. The van der Waals surface area contributed by atoms with Crippen molar-refractivity contribution in [3.05, 3.63) is 11.4 Å². The van der Waals surface area contributed by atoms with Crippen LogP contribution in [-0.4, -0.2) is 93.1 Å². The lowest BCUT2D eigenvalue weighted by atomic mass is 10.1. The molecule has 15 nitrogen and oxygen atoms in total. The molecule has 1 saturated carbocycles. The van der Waals surface area contributed by atoms with E-state index in [1.54, 1.807) is 6.92 Å². The number of carbonyl (C=O) groups excluding carboxylic acids is 1. The van der Waals surface area contributed by atoms with Gasteiger partial charge in [0.1, 0.15) is 30.1 Å². The Morgan fingerprint density at radius 1 is 1.34 bits per heavy atom. The molecule has 0 aromatic carbocycles. The van der Waals surface area contributed by atoms with Crippen LogP contribution in [0.25, 0.3) is 0 Å². The fourth-order valence-electron chi connectivity index (χ4n) is 3.52. The lowest BCUT2D eigenvalue weighted by Gasteiger charge is -2.27. The van der Waals surface area contributed by atoms with E-state index in [2.05, 4.69) is 5.32 Å². The molecule has 0 radical (unpaired) electrons. The molecule has 0 aromatic heterocycles. The molecule has 1 heterocycles. The van der Waals surface area contributed by atoms with Gasteiger partial charge < -0.3 is 51.5 Å². The number of hydrogen-bond acceptors (Lipinski definition) is 13. The summed E-state index contributed by atoms with van der Waals surface area (Å²) in [5.74, 6) is 2.28. The molecule has 2 rings (SSSR count). The first-order valence-corrected chi connectivity index (χ1v) is 13.2. The van der Waals surface area contributed by atoms with E-state index in [-0.39, 0.29) is 35.6 Å². The van der Waals surface area contributed by atoms with Gasteiger partial charge in [-0.15, -0.1) is 0 Å². The van der Waals surface area contributed by atoms with Gasteiger partial charge in [0, 0.05) is 18.5 Å². The van der Waals surface area contributed by atoms with Crippen molar-refractivity contribution in [3.63, 3.8) is 0 Å². The van der Waals surface area contributed by atoms with Gasteiger partial charge in [0.25, 0.3) is 5.91 Å². The van der Waals surface area contributed by atoms with Crippen molar-refractivity contribution in [2.75, 3.05) is 6.61 Å². The van der Waals surface area contributed by atoms with Crippen molar-refractivity contribution in [2.45, 2.75) is 94.5 Å². The summed E-state index contributed by atoms with van der Waals surface area (Å²) in [7, 11) is -0.759. The predicted octanol–water partition coefficient (Wildman–Crippen LogP) is -1.46. The molecule has 0 aromatic rings. The van der Waals surface area contributed by atoms with Crippen LogP contribution in [0.15, 0.2) is 11.4 Å². The van der Waals surface area contributed by atoms with Gasteiger partial charge in [-0.3, -0.25) is 4.79 Å². The Labute approximate surface area is 222 Å². The summed E-state index contributed by atoms with van der Waals surface area (Å²) in [6, 6.07) is 1.56. The van der Waals surface area contributed by atoms with Crippen LogP contribution >= 0.6 is 8.81 Å². The number of nitrogens with two attached hydrogens (primary N) is 3. The third kappa shape index (κ3) is 8.82. The third-order valence-electron chi connectivity index (χ3n) is 5.78. The van der Waals surface area contributed by atoms with Crippen LogP contribution in [0.3, 0.4) is 0 Å². The number of hydrazine groups is 1. The van der Waals surface area contributed by atoms with Gasteiger partial charge in [-0.1, -0.05) is 13.3 Å². The zero-order chi connectivity index (χ0) is 28.6. The highest BCUT2D eigenvalue weighted by molar-refractivity contribution is 7.34. The zero-order valence-electron chi connectivity index (χ0n) is 21.4. The number of ether oxygens (including phenoxy) is 2. The number of carbonyl (C=O) groups is 2. The number of hydrogen-bond donors (Lipinski definition) is 8. The summed E-state index contributed by atoms with van der Waals surface area (Å²) in [5, 5.41) is 51.2. The Kier molecular flexibility index (Phi) is 12.3. The first kappa shape index (κ1) is 31.8. The minimum atomic E-state index is -1.65. The molecule has 38 heavy (non-hydrogen) atoms. The van der Waals surface area contributed by atoms with E-state index < -0.39 is 63.8 Å². The van der Waals surface area contributed by atoms with Gasteiger partial charge in [-0.2, -0.15) is 5.26 Å². The highest BCUT2D eigenvalue weighted by Gasteiger charge is 2.47. The molecule has 2 fully saturated rings. The van der Waals surface area contributed by atoms with E-state index in [0.717, 1.165) is 12.8 Å². The smallest absolute Gasteiger partial charge is 0.339 e. The van der Waals surface area contributed by atoms with E-state index in [9.17, 15) is 24.9 Å². The Morgan fingerprint density at radius 2 is 2.00 bits per heavy atom. The van der Waals surface area contributed by atoms with E-state index in [4.69, 9.17) is 42.0 Å². The summed E-state index contributed by atoms with van der Waals surface area (Å²) in [5.41, 5.74) is 11.6. The van der Waals surface area contributed by atoms with Crippen LogP contribution in [0.2, 0.25) is 0 Å². The number of nitriles is 1.